The molecule has 0 aromatic rings. The highest BCUT2D eigenvalue weighted by atomic mass is 19.4. The van der Waals surface area contributed by atoms with E-state index in [1.165, 1.54) is 38.8 Å². The molecule has 12 heteroatoms. The molecule has 1 saturated carbocycles. The molecule has 1 saturated heterocycles. The van der Waals surface area contributed by atoms with Crippen molar-refractivity contribution in [3.05, 3.63) is 0 Å². The molecule has 1 atom stereocenters. The predicted molar refractivity (Wildman–Crippen MR) is 69.4 cm³/mol. The van der Waals surface area contributed by atoms with Crippen molar-refractivity contribution in [2.75, 3.05) is 13.1 Å². The van der Waals surface area contributed by atoms with Gasteiger partial charge in [-0.2, -0.15) is 26.3 Å². The lowest BCUT2D eigenvalue weighted by molar-refractivity contribution is -0.193. The summed E-state index contributed by atoms with van der Waals surface area (Å²) in [4.78, 5) is 17.8. The first-order valence-electron chi connectivity index (χ1n) is 6.91. The average molecular weight is 368 g/mol. The van der Waals surface area contributed by atoms with Gasteiger partial charge in [-0.15, -0.1) is 0 Å². The molecule has 0 bridgehead atoms. The summed E-state index contributed by atoms with van der Waals surface area (Å²) in [5.41, 5.74) is 0. The van der Waals surface area contributed by atoms with Crippen molar-refractivity contribution in [2.24, 2.45) is 0 Å². The highest BCUT2D eigenvalue weighted by molar-refractivity contribution is 5.73. The van der Waals surface area contributed by atoms with Crippen molar-refractivity contribution in [2.45, 2.75) is 50.1 Å². The van der Waals surface area contributed by atoms with E-state index in [-0.39, 0.29) is 0 Å². The Morgan fingerprint density at radius 1 is 0.958 bits per heavy atom. The maximum atomic E-state index is 10.6. The number of carboxylic acid groups (broad SMARTS) is 2. The van der Waals surface area contributed by atoms with Crippen LogP contribution >= 0.6 is 0 Å². The summed E-state index contributed by atoms with van der Waals surface area (Å²) in [5, 5.41) is 21.3. The summed E-state index contributed by atoms with van der Waals surface area (Å²) in [6.07, 6.45) is -4.60. The Balaban J connectivity index is 0.000000343. The van der Waals surface area contributed by atoms with Crippen molar-refractivity contribution in [3.63, 3.8) is 0 Å². The summed E-state index contributed by atoms with van der Waals surface area (Å²) in [5.74, 6) is -5.51. The second-order valence-corrected chi connectivity index (χ2v) is 5.08. The topological polar surface area (TPSA) is 98.7 Å². The van der Waals surface area contributed by atoms with Crippen molar-refractivity contribution < 1.29 is 46.1 Å². The van der Waals surface area contributed by atoms with Crippen LogP contribution in [0.25, 0.3) is 0 Å². The number of aliphatic carboxylic acids is 2. The quantitative estimate of drug-likeness (QED) is 0.567. The molecule has 0 aromatic carbocycles. The Kier molecular flexibility index (Phi) is 9.04. The van der Waals surface area contributed by atoms with Gasteiger partial charge in [-0.3, -0.25) is 0 Å². The van der Waals surface area contributed by atoms with Crippen LogP contribution in [-0.4, -0.2) is 59.7 Å². The van der Waals surface area contributed by atoms with E-state index >= 15 is 0 Å². The number of alkyl halides is 6. The van der Waals surface area contributed by atoms with Crippen LogP contribution in [-0.2, 0) is 9.59 Å². The molecular formula is C12H18F6N2O4. The molecule has 0 aromatic heterocycles. The zero-order valence-electron chi connectivity index (χ0n) is 12.4. The molecule has 142 valence electrons. The molecule has 1 aliphatic carbocycles. The van der Waals surface area contributed by atoms with Gasteiger partial charge in [0, 0.05) is 18.6 Å². The van der Waals surface area contributed by atoms with Gasteiger partial charge >= 0.3 is 24.3 Å². The molecule has 1 aliphatic heterocycles. The van der Waals surface area contributed by atoms with Crippen LogP contribution in [0.15, 0.2) is 0 Å². The molecule has 0 radical (unpaired) electrons. The van der Waals surface area contributed by atoms with Crippen molar-refractivity contribution in [1.29, 1.82) is 0 Å². The van der Waals surface area contributed by atoms with Gasteiger partial charge in [0.2, 0.25) is 0 Å². The third kappa shape index (κ3) is 11.9. The lowest BCUT2D eigenvalue weighted by Gasteiger charge is -2.09. The van der Waals surface area contributed by atoms with Gasteiger partial charge < -0.3 is 20.8 Å². The first kappa shape index (κ1) is 22.4. The van der Waals surface area contributed by atoms with Crippen molar-refractivity contribution in [3.8, 4) is 0 Å². The zero-order chi connectivity index (χ0) is 19.0. The van der Waals surface area contributed by atoms with Crippen LogP contribution in [0, 0.1) is 0 Å². The van der Waals surface area contributed by atoms with Gasteiger partial charge in [0.1, 0.15) is 0 Å². The molecule has 6 nitrogen and oxygen atoms in total. The minimum absolute atomic E-state index is 0.778. The van der Waals surface area contributed by atoms with E-state index in [1.54, 1.807) is 0 Å². The molecule has 0 amide bonds. The standard InChI is InChI=1S/C8H16N2.2C2HF3O2/c1-2-8(9-5-1)6-10-7-3-4-7;2*3-2(4,5)1(6)7/h7-10H,1-6H2;2*(H,6,7)/t8-;;/m1../s1. The SMILES string of the molecule is C1CN[C@@H](CNC2CC2)C1.O=C(O)C(F)(F)F.O=C(O)C(F)(F)F. The van der Waals surface area contributed by atoms with Gasteiger partial charge in [-0.05, 0) is 32.2 Å². The van der Waals surface area contributed by atoms with Crippen LogP contribution in [0.2, 0.25) is 0 Å². The number of nitrogens with one attached hydrogen (secondary N) is 2. The second-order valence-electron chi connectivity index (χ2n) is 5.08. The van der Waals surface area contributed by atoms with Gasteiger partial charge in [-0.25, -0.2) is 9.59 Å². The van der Waals surface area contributed by atoms with E-state index in [0.29, 0.717) is 0 Å². The summed E-state index contributed by atoms with van der Waals surface area (Å²) in [6, 6.07) is 1.66. The number of rotatable bonds is 3. The smallest absolute Gasteiger partial charge is 0.475 e. The third-order valence-electron chi connectivity index (χ3n) is 2.88. The van der Waals surface area contributed by atoms with Crippen molar-refractivity contribution >= 4 is 11.9 Å². The van der Waals surface area contributed by atoms with Crippen LogP contribution in [0.5, 0.6) is 0 Å². The number of halogens is 6. The van der Waals surface area contributed by atoms with Gasteiger partial charge in [0.15, 0.2) is 0 Å². The number of hydrogen-bond donors (Lipinski definition) is 4. The van der Waals surface area contributed by atoms with Crippen molar-refractivity contribution in [1.82, 2.24) is 10.6 Å². The summed E-state index contributed by atoms with van der Waals surface area (Å²) >= 11 is 0. The molecule has 0 spiro atoms. The Labute approximate surface area is 133 Å². The summed E-state index contributed by atoms with van der Waals surface area (Å²) in [7, 11) is 0. The minimum atomic E-state index is -5.08. The Bertz CT molecular complexity index is 379. The Morgan fingerprint density at radius 3 is 1.62 bits per heavy atom. The van der Waals surface area contributed by atoms with Gasteiger partial charge in [0.05, 0.1) is 0 Å². The van der Waals surface area contributed by atoms with Crippen LogP contribution in [0.3, 0.4) is 0 Å². The third-order valence-corrected chi connectivity index (χ3v) is 2.88. The molecule has 2 fully saturated rings. The molecular weight excluding hydrogens is 350 g/mol. The fourth-order valence-corrected chi connectivity index (χ4v) is 1.53. The fraction of sp³-hybridized carbons (Fsp3) is 0.833. The van der Waals surface area contributed by atoms with Crippen LogP contribution < -0.4 is 10.6 Å². The summed E-state index contributed by atoms with van der Waals surface area (Å²) < 4.78 is 63.5. The summed E-state index contributed by atoms with van der Waals surface area (Å²) in [6.45, 7) is 2.43. The Hall–Kier alpha value is -1.56. The first-order chi connectivity index (χ1) is 10.8. The van der Waals surface area contributed by atoms with E-state index in [4.69, 9.17) is 19.8 Å². The Morgan fingerprint density at radius 2 is 1.38 bits per heavy atom. The van der Waals surface area contributed by atoms with Gasteiger partial charge in [-0.1, -0.05) is 0 Å². The van der Waals surface area contributed by atoms with E-state index in [1.807, 2.05) is 0 Å². The molecule has 24 heavy (non-hydrogen) atoms. The number of carboxylic acids is 2. The lowest BCUT2D eigenvalue weighted by Crippen LogP contribution is -2.34. The molecule has 1 heterocycles. The highest BCUT2D eigenvalue weighted by Crippen LogP contribution is 2.18. The lowest BCUT2D eigenvalue weighted by atomic mass is 10.2. The monoisotopic (exact) mass is 368 g/mol. The molecule has 2 rings (SSSR count). The normalized spacial score (nSPS) is 20.3. The first-order valence-corrected chi connectivity index (χ1v) is 6.91. The molecule has 2 aliphatic rings. The predicted octanol–water partition coefficient (Wildman–Crippen LogP) is 1.76. The highest BCUT2D eigenvalue weighted by Gasteiger charge is 2.38. The molecule has 4 N–H and O–H groups in total. The fourth-order valence-electron chi connectivity index (χ4n) is 1.53. The van der Waals surface area contributed by atoms with Crippen LogP contribution in [0.1, 0.15) is 25.7 Å². The van der Waals surface area contributed by atoms with Gasteiger partial charge in [0.25, 0.3) is 0 Å². The minimum Gasteiger partial charge on any atom is -0.475 e. The van der Waals surface area contributed by atoms with E-state index in [2.05, 4.69) is 10.6 Å². The van der Waals surface area contributed by atoms with E-state index < -0.39 is 24.3 Å². The zero-order valence-corrected chi connectivity index (χ0v) is 12.4. The average Bonchev–Trinajstić information content (AvgIpc) is 3.10. The van der Waals surface area contributed by atoms with Crippen LogP contribution in [0.4, 0.5) is 26.3 Å². The maximum absolute atomic E-state index is 10.6. The maximum Gasteiger partial charge on any atom is 0.490 e. The van der Waals surface area contributed by atoms with E-state index in [0.717, 1.165) is 12.1 Å². The number of carbonyl (C=O) groups is 2. The second kappa shape index (κ2) is 9.67. The largest absolute Gasteiger partial charge is 0.490 e. The molecule has 0 unspecified atom stereocenters. The van der Waals surface area contributed by atoms with E-state index in [9.17, 15) is 26.3 Å². The number of hydrogen-bond acceptors (Lipinski definition) is 4.